The number of ether oxygens (including phenoxy) is 2. The Kier molecular flexibility index (Phi) is 7.43. The van der Waals surface area contributed by atoms with E-state index in [-0.39, 0.29) is 26.8 Å². The highest BCUT2D eigenvalue weighted by Crippen LogP contribution is 2.29. The maximum atomic E-state index is 13.1. The van der Waals surface area contributed by atoms with E-state index in [1.807, 2.05) is 0 Å². The number of nitrogens with zero attached hydrogens (tertiary/aromatic N) is 1. The molecule has 0 radical (unpaired) electrons. The molecular weight excluding hydrogens is 456 g/mol. The topological polar surface area (TPSA) is 102 Å². The van der Waals surface area contributed by atoms with Crippen LogP contribution in [0.15, 0.2) is 41.3 Å². The largest absolute Gasteiger partial charge is 0.496 e. The Morgan fingerprint density at radius 1 is 1.06 bits per heavy atom. The molecule has 3 rings (SSSR count). The molecule has 10 heteroatoms. The maximum absolute atomic E-state index is 13.1. The molecule has 0 saturated carbocycles. The van der Waals surface area contributed by atoms with E-state index in [9.17, 15) is 18.0 Å². The Labute approximate surface area is 192 Å². The fraction of sp³-hybridized carbons (Fsp3) is 0.364. The number of hydrogen-bond donors (Lipinski definition) is 1. The van der Waals surface area contributed by atoms with Gasteiger partial charge in [-0.3, -0.25) is 4.79 Å². The van der Waals surface area contributed by atoms with Crippen molar-refractivity contribution in [2.45, 2.75) is 24.7 Å². The highest BCUT2D eigenvalue weighted by atomic mass is 35.5. The van der Waals surface area contributed by atoms with Crippen LogP contribution in [0.5, 0.6) is 5.75 Å². The average molecular weight is 481 g/mol. The number of hydrogen-bond acceptors (Lipinski definition) is 6. The van der Waals surface area contributed by atoms with E-state index in [0.29, 0.717) is 24.7 Å². The Hall–Kier alpha value is -2.62. The average Bonchev–Trinajstić information content (AvgIpc) is 2.79. The monoisotopic (exact) mass is 480 g/mol. The maximum Gasteiger partial charge on any atom is 0.339 e. The molecule has 1 saturated heterocycles. The number of nitrogens with one attached hydrogen (secondary N) is 1. The number of carbonyl (C=O) groups excluding carboxylic acids is 2. The number of sulfonamides is 1. The van der Waals surface area contributed by atoms with E-state index in [1.54, 1.807) is 0 Å². The molecule has 0 atom stereocenters. The molecule has 2 aromatic rings. The van der Waals surface area contributed by atoms with Crippen molar-refractivity contribution in [3.8, 4) is 5.75 Å². The molecule has 0 bridgehead atoms. The van der Waals surface area contributed by atoms with E-state index in [2.05, 4.69) is 17.0 Å². The van der Waals surface area contributed by atoms with Crippen molar-refractivity contribution in [1.82, 2.24) is 4.31 Å². The molecule has 0 aliphatic carbocycles. The molecule has 1 aliphatic rings. The van der Waals surface area contributed by atoms with Gasteiger partial charge < -0.3 is 14.8 Å². The van der Waals surface area contributed by atoms with E-state index >= 15 is 0 Å². The number of piperidine rings is 1. The van der Waals surface area contributed by atoms with Gasteiger partial charge in [0.05, 0.1) is 35.3 Å². The number of halogens is 1. The molecule has 1 N–H and O–H groups in total. The number of benzene rings is 2. The standard InChI is InChI=1S/C22H25ClN2O6S/c1-14-8-10-25(11-9-14)32(28,29)16-5-7-20(30-2)18(13-16)21(26)24-15-4-6-19(23)17(12-15)22(27)31-3/h4-7,12-14H,8-11H2,1-3H3,(H,24,26). The molecular formula is C22H25ClN2O6S. The van der Waals surface area contributed by atoms with E-state index in [4.69, 9.17) is 16.3 Å². The van der Waals surface area contributed by atoms with Crippen molar-refractivity contribution < 1.29 is 27.5 Å². The van der Waals surface area contributed by atoms with Crippen LogP contribution < -0.4 is 10.1 Å². The summed E-state index contributed by atoms with van der Waals surface area (Å²) < 4.78 is 37.6. The van der Waals surface area contributed by atoms with Gasteiger partial charge in [0, 0.05) is 18.8 Å². The van der Waals surface area contributed by atoms with E-state index in [0.717, 1.165) is 12.8 Å². The lowest BCUT2D eigenvalue weighted by atomic mass is 10.0. The minimum atomic E-state index is -3.75. The lowest BCUT2D eigenvalue weighted by molar-refractivity contribution is 0.0600. The molecule has 32 heavy (non-hydrogen) atoms. The van der Waals surface area contributed by atoms with Gasteiger partial charge >= 0.3 is 5.97 Å². The van der Waals surface area contributed by atoms with Gasteiger partial charge in [-0.2, -0.15) is 4.31 Å². The SMILES string of the molecule is COC(=O)c1cc(NC(=O)c2cc(S(=O)(=O)N3CCC(C)CC3)ccc2OC)ccc1Cl. The van der Waals surface area contributed by atoms with Crippen molar-refractivity contribution in [2.24, 2.45) is 5.92 Å². The summed E-state index contributed by atoms with van der Waals surface area (Å²) in [5.74, 6) is -0.541. The number of rotatable bonds is 6. The minimum Gasteiger partial charge on any atom is -0.496 e. The third-order valence-corrected chi connectivity index (χ3v) is 7.65. The number of carbonyl (C=O) groups is 2. The number of esters is 1. The molecule has 1 fully saturated rings. The first-order chi connectivity index (χ1) is 15.2. The first-order valence-electron chi connectivity index (χ1n) is 10.0. The van der Waals surface area contributed by atoms with Crippen molar-refractivity contribution in [2.75, 3.05) is 32.6 Å². The second-order valence-corrected chi connectivity index (χ2v) is 9.93. The summed E-state index contributed by atoms with van der Waals surface area (Å²) >= 11 is 6.02. The van der Waals surface area contributed by atoms with Crippen LogP contribution in [0.1, 0.15) is 40.5 Å². The Bertz CT molecular complexity index is 1130. The van der Waals surface area contributed by atoms with Gasteiger partial charge in [0.2, 0.25) is 10.0 Å². The molecule has 2 aromatic carbocycles. The quantitative estimate of drug-likeness (QED) is 0.631. The van der Waals surface area contributed by atoms with Gasteiger partial charge in [-0.05, 0) is 55.2 Å². The van der Waals surface area contributed by atoms with E-state index < -0.39 is 21.9 Å². The first-order valence-corrected chi connectivity index (χ1v) is 11.9. The molecule has 0 spiro atoms. The third-order valence-electron chi connectivity index (χ3n) is 5.43. The Balaban J connectivity index is 1.90. The van der Waals surface area contributed by atoms with Gasteiger partial charge in [-0.1, -0.05) is 18.5 Å². The first kappa shape index (κ1) is 24.0. The van der Waals surface area contributed by atoms with Crippen LogP contribution in [0.2, 0.25) is 5.02 Å². The zero-order valence-corrected chi connectivity index (χ0v) is 19.6. The lowest BCUT2D eigenvalue weighted by Crippen LogP contribution is -2.37. The predicted molar refractivity (Wildman–Crippen MR) is 121 cm³/mol. The fourth-order valence-corrected chi connectivity index (χ4v) is 5.16. The summed E-state index contributed by atoms with van der Waals surface area (Å²) in [7, 11) is -1.13. The van der Waals surface area contributed by atoms with Gasteiger partial charge in [0.15, 0.2) is 0 Å². The van der Waals surface area contributed by atoms with Crippen LogP contribution in [0.4, 0.5) is 5.69 Å². The third kappa shape index (κ3) is 5.06. The Morgan fingerprint density at radius 2 is 1.75 bits per heavy atom. The minimum absolute atomic E-state index is 0.0179. The smallest absolute Gasteiger partial charge is 0.339 e. The zero-order valence-electron chi connectivity index (χ0n) is 18.1. The molecule has 172 valence electrons. The molecule has 1 aliphatic heterocycles. The van der Waals surface area contributed by atoms with Gasteiger partial charge in [-0.15, -0.1) is 0 Å². The summed E-state index contributed by atoms with van der Waals surface area (Å²) in [6, 6.07) is 8.55. The van der Waals surface area contributed by atoms with E-state index in [1.165, 1.54) is 54.9 Å². The van der Waals surface area contributed by atoms with Gasteiger partial charge in [-0.25, -0.2) is 13.2 Å². The van der Waals surface area contributed by atoms with Gasteiger partial charge in [0.1, 0.15) is 5.75 Å². The normalized spacial score (nSPS) is 15.2. The molecule has 0 aromatic heterocycles. The molecule has 1 heterocycles. The van der Waals surface area contributed by atoms with Crippen molar-refractivity contribution >= 4 is 39.2 Å². The van der Waals surface area contributed by atoms with Crippen molar-refractivity contribution in [1.29, 1.82) is 0 Å². The van der Waals surface area contributed by atoms with Crippen LogP contribution in [0, 0.1) is 5.92 Å². The highest BCUT2D eigenvalue weighted by Gasteiger charge is 2.29. The van der Waals surface area contributed by atoms with Crippen molar-refractivity contribution in [3.63, 3.8) is 0 Å². The highest BCUT2D eigenvalue weighted by molar-refractivity contribution is 7.89. The predicted octanol–water partition coefficient (Wildman–Crippen LogP) is 3.81. The molecule has 1 amide bonds. The van der Waals surface area contributed by atoms with Crippen LogP contribution in [-0.4, -0.2) is 51.9 Å². The number of methoxy groups -OCH3 is 2. The summed E-state index contributed by atoms with van der Waals surface area (Å²) in [5.41, 5.74) is 0.434. The summed E-state index contributed by atoms with van der Waals surface area (Å²) in [5, 5.41) is 2.83. The second-order valence-electron chi connectivity index (χ2n) is 7.59. The summed E-state index contributed by atoms with van der Waals surface area (Å²) in [4.78, 5) is 24.9. The van der Waals surface area contributed by atoms with Crippen LogP contribution >= 0.6 is 11.6 Å². The van der Waals surface area contributed by atoms with Crippen LogP contribution in [0.3, 0.4) is 0 Å². The fourth-order valence-electron chi connectivity index (χ4n) is 3.47. The number of anilines is 1. The van der Waals surface area contributed by atoms with Gasteiger partial charge in [0.25, 0.3) is 5.91 Å². The summed E-state index contributed by atoms with van der Waals surface area (Å²) in [6.07, 6.45) is 1.59. The molecule has 8 nitrogen and oxygen atoms in total. The summed E-state index contributed by atoms with van der Waals surface area (Å²) in [6.45, 7) is 2.98. The van der Waals surface area contributed by atoms with Crippen LogP contribution in [-0.2, 0) is 14.8 Å². The number of amides is 1. The zero-order chi connectivity index (χ0) is 23.5. The lowest BCUT2D eigenvalue weighted by Gasteiger charge is -2.29. The Morgan fingerprint density at radius 3 is 2.38 bits per heavy atom. The van der Waals surface area contributed by atoms with Crippen molar-refractivity contribution in [3.05, 3.63) is 52.5 Å². The second kappa shape index (κ2) is 9.89. The molecule has 0 unspecified atom stereocenters. The van der Waals surface area contributed by atoms with Crippen LogP contribution in [0.25, 0.3) is 0 Å².